The van der Waals surface area contributed by atoms with E-state index in [1.807, 2.05) is 7.05 Å². The van der Waals surface area contributed by atoms with Crippen molar-refractivity contribution in [2.75, 3.05) is 17.7 Å². The van der Waals surface area contributed by atoms with Crippen LogP contribution in [0, 0.1) is 11.6 Å². The van der Waals surface area contributed by atoms with Crippen LogP contribution in [-0.2, 0) is 15.6 Å². The number of anilines is 1. The summed E-state index contributed by atoms with van der Waals surface area (Å²) in [5, 5.41) is 0. The molecule has 0 aliphatic heterocycles. The molecule has 0 saturated heterocycles. The summed E-state index contributed by atoms with van der Waals surface area (Å²) in [5.74, 6) is -1.81. The molecule has 1 aromatic carbocycles. The Morgan fingerprint density at radius 1 is 1.08 bits per heavy atom. The second-order valence-corrected chi connectivity index (χ2v) is 12.0. The number of benzene rings is 1. The fourth-order valence-corrected chi connectivity index (χ4v) is 6.63. The lowest BCUT2D eigenvalue weighted by molar-refractivity contribution is 0.424. The third kappa shape index (κ3) is 5.11. The van der Waals surface area contributed by atoms with Gasteiger partial charge in [0.05, 0.1) is 23.2 Å². The van der Waals surface area contributed by atoms with Crippen LogP contribution in [0.3, 0.4) is 0 Å². The molecule has 0 radical (unpaired) electrons. The lowest BCUT2D eigenvalue weighted by Gasteiger charge is -2.31. The van der Waals surface area contributed by atoms with Crippen LogP contribution in [0.2, 0.25) is 0 Å². The number of rotatable bonds is 8. The molecule has 0 N–H and O–H groups in total. The van der Waals surface area contributed by atoms with E-state index >= 15 is 8.78 Å². The van der Waals surface area contributed by atoms with Crippen LogP contribution in [0.1, 0.15) is 51.0 Å². The summed E-state index contributed by atoms with van der Waals surface area (Å²) in [6.45, 7) is 1.74. The van der Waals surface area contributed by atoms with Gasteiger partial charge in [-0.05, 0) is 25.3 Å². The molecule has 4 aromatic rings. The first-order chi connectivity index (χ1) is 18.3. The highest BCUT2D eigenvalue weighted by Gasteiger charge is 2.25. The van der Waals surface area contributed by atoms with Crippen molar-refractivity contribution < 1.29 is 17.2 Å². The van der Waals surface area contributed by atoms with Gasteiger partial charge in [-0.15, -0.1) is 0 Å². The lowest BCUT2D eigenvalue weighted by Crippen LogP contribution is -2.34. The summed E-state index contributed by atoms with van der Waals surface area (Å²) in [6.07, 6.45) is 13.8. The molecule has 1 saturated carbocycles. The molecule has 0 amide bonds. The van der Waals surface area contributed by atoms with E-state index in [2.05, 4.69) is 19.9 Å². The number of sulfone groups is 1. The average Bonchev–Trinajstić information content (AvgIpc) is 3.29. The Bertz CT molecular complexity index is 1550. The molecule has 11 heteroatoms. The Labute approximate surface area is 220 Å². The van der Waals surface area contributed by atoms with Crippen LogP contribution in [-0.4, -0.2) is 51.8 Å². The number of nitrogens with zero attached hydrogens (tertiary/aromatic N) is 6. The van der Waals surface area contributed by atoms with Crippen LogP contribution >= 0.6 is 0 Å². The lowest BCUT2D eigenvalue weighted by atomic mass is 9.95. The van der Waals surface area contributed by atoms with Gasteiger partial charge in [0.2, 0.25) is 5.95 Å². The van der Waals surface area contributed by atoms with Crippen molar-refractivity contribution in [1.29, 1.82) is 0 Å². The molecule has 5 rings (SSSR count). The minimum Gasteiger partial charge on any atom is -0.341 e. The number of halogens is 2. The van der Waals surface area contributed by atoms with E-state index in [4.69, 9.17) is 4.98 Å². The number of aromatic nitrogens is 5. The van der Waals surface area contributed by atoms with Crippen LogP contribution in [0.25, 0.3) is 27.8 Å². The summed E-state index contributed by atoms with van der Waals surface area (Å²) in [6, 6.07) is 2.61. The molecule has 8 nitrogen and oxygen atoms in total. The van der Waals surface area contributed by atoms with E-state index in [1.54, 1.807) is 31.7 Å². The fourth-order valence-electron chi connectivity index (χ4n) is 5.17. The maximum atomic E-state index is 15.8. The predicted molar refractivity (Wildman–Crippen MR) is 143 cm³/mol. The SMILES string of the molecule is CCCS(=O)(=O)Cc1ccc(F)c(-n2cc(-c3cncnc3)c3nc(N(C)C4CCCCC4)ncc32)c1F. The van der Waals surface area contributed by atoms with Gasteiger partial charge in [-0.2, -0.15) is 0 Å². The van der Waals surface area contributed by atoms with Gasteiger partial charge in [-0.25, -0.2) is 37.1 Å². The van der Waals surface area contributed by atoms with Crippen molar-refractivity contribution >= 4 is 26.8 Å². The zero-order valence-corrected chi connectivity index (χ0v) is 22.3. The zero-order chi connectivity index (χ0) is 26.9. The summed E-state index contributed by atoms with van der Waals surface area (Å²) in [5.41, 5.74) is 1.63. The van der Waals surface area contributed by atoms with E-state index in [1.165, 1.54) is 23.4 Å². The van der Waals surface area contributed by atoms with Crippen LogP contribution in [0.5, 0.6) is 0 Å². The van der Waals surface area contributed by atoms with Crippen LogP contribution < -0.4 is 4.90 Å². The molecule has 3 heterocycles. The minimum atomic E-state index is -3.54. The normalized spacial score (nSPS) is 14.7. The van der Waals surface area contributed by atoms with Crippen molar-refractivity contribution in [2.24, 2.45) is 0 Å². The van der Waals surface area contributed by atoms with Gasteiger partial charge in [0, 0.05) is 48.4 Å². The van der Waals surface area contributed by atoms with Crippen LogP contribution in [0.15, 0.2) is 43.2 Å². The molecule has 1 aliphatic rings. The van der Waals surface area contributed by atoms with E-state index < -0.39 is 27.2 Å². The third-order valence-corrected chi connectivity index (χ3v) is 8.90. The number of hydrogen-bond donors (Lipinski definition) is 0. The first-order valence-electron chi connectivity index (χ1n) is 12.8. The van der Waals surface area contributed by atoms with Gasteiger partial charge in [0.1, 0.15) is 23.3 Å². The van der Waals surface area contributed by atoms with E-state index in [0.29, 0.717) is 40.6 Å². The third-order valence-electron chi connectivity index (χ3n) is 7.12. The highest BCUT2D eigenvalue weighted by molar-refractivity contribution is 7.90. The van der Waals surface area contributed by atoms with Gasteiger partial charge in [0.25, 0.3) is 0 Å². The van der Waals surface area contributed by atoms with Crippen molar-refractivity contribution in [2.45, 2.75) is 57.2 Å². The van der Waals surface area contributed by atoms with Crippen molar-refractivity contribution in [1.82, 2.24) is 24.5 Å². The van der Waals surface area contributed by atoms with Crippen molar-refractivity contribution in [3.05, 3.63) is 60.4 Å². The summed E-state index contributed by atoms with van der Waals surface area (Å²) >= 11 is 0. The maximum Gasteiger partial charge on any atom is 0.225 e. The van der Waals surface area contributed by atoms with Gasteiger partial charge in [-0.1, -0.05) is 32.3 Å². The molecule has 0 bridgehead atoms. The highest BCUT2D eigenvalue weighted by atomic mass is 32.2. The first-order valence-corrected chi connectivity index (χ1v) is 14.6. The fraction of sp³-hybridized carbons (Fsp3) is 0.407. The predicted octanol–water partition coefficient (Wildman–Crippen LogP) is 5.25. The van der Waals surface area contributed by atoms with Crippen LogP contribution in [0.4, 0.5) is 14.7 Å². The van der Waals surface area contributed by atoms with E-state index in [-0.39, 0.29) is 17.0 Å². The highest BCUT2D eigenvalue weighted by Crippen LogP contribution is 2.35. The molecule has 1 aliphatic carbocycles. The maximum absolute atomic E-state index is 15.8. The number of hydrogen-bond acceptors (Lipinski definition) is 7. The second kappa shape index (κ2) is 10.7. The average molecular weight is 541 g/mol. The minimum absolute atomic E-state index is 0.0745. The Balaban J connectivity index is 1.67. The summed E-state index contributed by atoms with van der Waals surface area (Å²) < 4.78 is 57.2. The molecule has 0 unspecified atom stereocenters. The Morgan fingerprint density at radius 3 is 2.53 bits per heavy atom. The molecule has 0 spiro atoms. The van der Waals surface area contributed by atoms with Crippen molar-refractivity contribution in [3.63, 3.8) is 0 Å². The Hall–Kier alpha value is -3.47. The van der Waals surface area contributed by atoms with Crippen molar-refractivity contribution in [3.8, 4) is 16.8 Å². The summed E-state index contributed by atoms with van der Waals surface area (Å²) in [4.78, 5) is 19.7. The second-order valence-electron chi connectivity index (χ2n) is 9.81. The topological polar surface area (TPSA) is 93.9 Å². The smallest absolute Gasteiger partial charge is 0.225 e. The monoisotopic (exact) mass is 540 g/mol. The van der Waals surface area contributed by atoms with Gasteiger partial charge in [-0.3, -0.25) is 0 Å². The molecular formula is C27H30F2N6O2S. The largest absolute Gasteiger partial charge is 0.341 e. The first kappa shape index (κ1) is 26.1. The van der Waals surface area contributed by atoms with Gasteiger partial charge in [0.15, 0.2) is 15.7 Å². The van der Waals surface area contributed by atoms with Gasteiger partial charge < -0.3 is 9.47 Å². The number of fused-ring (bicyclic) bond motifs is 1. The van der Waals surface area contributed by atoms with E-state index in [0.717, 1.165) is 31.7 Å². The molecular weight excluding hydrogens is 510 g/mol. The quantitative estimate of drug-likeness (QED) is 0.301. The van der Waals surface area contributed by atoms with Gasteiger partial charge >= 0.3 is 0 Å². The Kier molecular flexibility index (Phi) is 7.38. The zero-order valence-electron chi connectivity index (χ0n) is 21.4. The molecule has 1 fully saturated rings. The molecule has 200 valence electrons. The Morgan fingerprint density at radius 2 is 1.82 bits per heavy atom. The molecule has 3 aromatic heterocycles. The molecule has 38 heavy (non-hydrogen) atoms. The standard InChI is InChI=1S/C27H30F2N6O2S/c1-3-11-38(36,37)16-18-9-10-22(28)26(24(18)29)35-15-21(19-12-30-17-31-13-19)25-23(35)14-32-27(33-25)34(2)20-7-5-4-6-8-20/h9-10,12-15,17,20H,3-8,11,16H2,1-2H3. The van der Waals surface area contributed by atoms with E-state index in [9.17, 15) is 8.42 Å². The summed E-state index contributed by atoms with van der Waals surface area (Å²) in [7, 11) is -1.57. The molecule has 0 atom stereocenters.